The van der Waals surface area contributed by atoms with E-state index in [-0.39, 0.29) is 24.8 Å². The number of hydrogen-bond donors (Lipinski definition) is 2. The molecule has 1 heterocycles. The highest BCUT2D eigenvalue weighted by Gasteiger charge is 2.09. The van der Waals surface area contributed by atoms with Crippen molar-refractivity contribution in [1.29, 1.82) is 0 Å². The number of hydrogen-bond acceptors (Lipinski definition) is 4. The van der Waals surface area contributed by atoms with Crippen LogP contribution in [-0.4, -0.2) is 49.9 Å². The number of rotatable bonds is 4. The molecule has 0 aromatic carbocycles. The largest absolute Gasteiger partial charge is 0.309 e. The van der Waals surface area contributed by atoms with E-state index in [4.69, 9.17) is 0 Å². The molecule has 0 spiro atoms. The number of thioether (sulfide) groups is 1. The fourth-order valence-corrected chi connectivity index (χ4v) is 2.44. The number of nitrogens with one attached hydrogen (secondary N) is 2. The molecular formula is C9H23Cl2N3S. The molecule has 94 valence electrons. The average molecular weight is 276 g/mol. The third-order valence-corrected chi connectivity index (χ3v) is 3.17. The topological polar surface area (TPSA) is 27.3 Å². The van der Waals surface area contributed by atoms with E-state index in [0.29, 0.717) is 5.50 Å². The summed E-state index contributed by atoms with van der Waals surface area (Å²) in [5, 5.41) is 6.98. The van der Waals surface area contributed by atoms with E-state index in [1.54, 1.807) is 0 Å². The van der Waals surface area contributed by atoms with E-state index in [1.807, 2.05) is 11.8 Å². The molecule has 1 saturated heterocycles. The maximum atomic E-state index is 3.49. The van der Waals surface area contributed by atoms with Gasteiger partial charge in [0.05, 0.1) is 0 Å². The minimum Gasteiger partial charge on any atom is -0.309 e. The van der Waals surface area contributed by atoms with E-state index < -0.39 is 0 Å². The van der Waals surface area contributed by atoms with Crippen LogP contribution in [0.2, 0.25) is 0 Å². The van der Waals surface area contributed by atoms with Crippen LogP contribution in [0.3, 0.4) is 0 Å². The molecule has 1 rings (SSSR count). The number of halogens is 2. The van der Waals surface area contributed by atoms with Gasteiger partial charge in [-0.2, -0.15) is 0 Å². The van der Waals surface area contributed by atoms with Gasteiger partial charge in [-0.15, -0.1) is 36.6 Å². The first-order valence-corrected chi connectivity index (χ1v) is 6.07. The Morgan fingerprint density at radius 1 is 1.13 bits per heavy atom. The fourth-order valence-electron chi connectivity index (χ4n) is 1.26. The first kappa shape index (κ1) is 18.2. The summed E-state index contributed by atoms with van der Waals surface area (Å²) in [4.78, 5) is 2.23. The lowest BCUT2D eigenvalue weighted by molar-refractivity contribution is 0.436. The molecule has 0 saturated carbocycles. The normalized spacial score (nSPS) is 17.8. The van der Waals surface area contributed by atoms with Crippen molar-refractivity contribution in [2.75, 3.05) is 39.5 Å². The van der Waals surface area contributed by atoms with Crippen LogP contribution in [0.15, 0.2) is 0 Å². The molecule has 0 aromatic heterocycles. The molecule has 6 heteroatoms. The smallest absolute Gasteiger partial charge is 0.105 e. The Morgan fingerprint density at radius 2 is 1.67 bits per heavy atom. The van der Waals surface area contributed by atoms with Crippen molar-refractivity contribution < 1.29 is 0 Å². The Hall–Kier alpha value is 0.810. The molecule has 0 radical (unpaired) electrons. The summed E-state index contributed by atoms with van der Waals surface area (Å²) in [6.07, 6.45) is 2.61. The Labute approximate surface area is 110 Å². The molecule has 0 aliphatic carbocycles. The SMILES string of the molecule is CN(C)CCSC1NCCCCN1.Cl.Cl. The van der Waals surface area contributed by atoms with Crippen LogP contribution >= 0.6 is 36.6 Å². The third kappa shape index (κ3) is 9.72. The van der Waals surface area contributed by atoms with Crippen LogP contribution in [0.5, 0.6) is 0 Å². The lowest BCUT2D eigenvalue weighted by Crippen LogP contribution is -2.38. The Balaban J connectivity index is 0. The monoisotopic (exact) mass is 275 g/mol. The predicted octanol–water partition coefficient (Wildman–Crippen LogP) is 1.38. The second kappa shape index (κ2) is 11.3. The van der Waals surface area contributed by atoms with E-state index in [1.165, 1.54) is 18.6 Å². The third-order valence-electron chi connectivity index (χ3n) is 2.09. The lowest BCUT2D eigenvalue weighted by Gasteiger charge is -2.17. The van der Waals surface area contributed by atoms with Crippen molar-refractivity contribution in [2.45, 2.75) is 18.3 Å². The highest BCUT2D eigenvalue weighted by molar-refractivity contribution is 7.99. The van der Waals surface area contributed by atoms with Gasteiger partial charge in [0.1, 0.15) is 5.50 Å². The van der Waals surface area contributed by atoms with Gasteiger partial charge in [0.15, 0.2) is 0 Å². The van der Waals surface area contributed by atoms with E-state index in [0.717, 1.165) is 19.6 Å². The van der Waals surface area contributed by atoms with Crippen molar-refractivity contribution in [3.63, 3.8) is 0 Å². The molecular weight excluding hydrogens is 253 g/mol. The van der Waals surface area contributed by atoms with Crippen molar-refractivity contribution in [3.05, 3.63) is 0 Å². The predicted molar refractivity (Wildman–Crippen MR) is 74.5 cm³/mol. The summed E-state index contributed by atoms with van der Waals surface area (Å²) in [7, 11) is 4.24. The van der Waals surface area contributed by atoms with Crippen LogP contribution in [0.4, 0.5) is 0 Å². The van der Waals surface area contributed by atoms with Gasteiger partial charge >= 0.3 is 0 Å². The zero-order valence-corrected chi connectivity index (χ0v) is 11.9. The van der Waals surface area contributed by atoms with E-state index >= 15 is 0 Å². The van der Waals surface area contributed by atoms with Gasteiger partial charge in [-0.25, -0.2) is 0 Å². The Bertz CT molecular complexity index is 131. The molecule has 1 aliphatic heterocycles. The van der Waals surface area contributed by atoms with Crippen molar-refractivity contribution in [2.24, 2.45) is 0 Å². The molecule has 1 aliphatic rings. The van der Waals surface area contributed by atoms with E-state index in [9.17, 15) is 0 Å². The van der Waals surface area contributed by atoms with Crippen LogP contribution in [0, 0.1) is 0 Å². The molecule has 2 N–H and O–H groups in total. The maximum absolute atomic E-state index is 3.49. The van der Waals surface area contributed by atoms with Gasteiger partial charge in [0.2, 0.25) is 0 Å². The van der Waals surface area contributed by atoms with Crippen molar-refractivity contribution in [3.8, 4) is 0 Å². The summed E-state index contributed by atoms with van der Waals surface area (Å²) in [6.45, 7) is 3.48. The van der Waals surface area contributed by atoms with E-state index in [2.05, 4.69) is 29.6 Å². The summed E-state index contributed by atoms with van der Waals surface area (Å²) >= 11 is 1.98. The summed E-state index contributed by atoms with van der Waals surface area (Å²) in [5.74, 6) is 1.19. The Morgan fingerprint density at radius 3 is 2.13 bits per heavy atom. The quantitative estimate of drug-likeness (QED) is 0.811. The Kier molecular flexibility index (Phi) is 13.7. The minimum absolute atomic E-state index is 0. The molecule has 1 fully saturated rings. The average Bonchev–Trinajstić information content (AvgIpc) is 2.32. The maximum Gasteiger partial charge on any atom is 0.105 e. The standard InChI is InChI=1S/C9H21N3S.2ClH/c1-12(2)7-8-13-9-10-5-3-4-6-11-9;;/h9-11H,3-8H2,1-2H3;2*1H. The second-order valence-corrected chi connectivity index (χ2v) is 4.88. The van der Waals surface area contributed by atoms with Crippen LogP contribution in [-0.2, 0) is 0 Å². The molecule has 0 bridgehead atoms. The highest BCUT2D eigenvalue weighted by atomic mass is 35.5. The summed E-state index contributed by atoms with van der Waals surface area (Å²) < 4.78 is 0. The first-order chi connectivity index (χ1) is 6.29. The number of nitrogens with zero attached hydrogens (tertiary/aromatic N) is 1. The second-order valence-electron chi connectivity index (χ2n) is 3.67. The van der Waals surface area contributed by atoms with Crippen molar-refractivity contribution in [1.82, 2.24) is 15.5 Å². The van der Waals surface area contributed by atoms with Gasteiger partial charge in [-0.05, 0) is 40.0 Å². The van der Waals surface area contributed by atoms with Crippen molar-refractivity contribution >= 4 is 36.6 Å². The summed E-state index contributed by atoms with van der Waals surface area (Å²) in [6, 6.07) is 0. The lowest BCUT2D eigenvalue weighted by atomic mass is 10.3. The minimum atomic E-state index is 0. The van der Waals surface area contributed by atoms with Gasteiger partial charge in [-0.1, -0.05) is 0 Å². The van der Waals surface area contributed by atoms with Gasteiger partial charge < -0.3 is 4.90 Å². The molecule has 0 atom stereocenters. The fraction of sp³-hybridized carbons (Fsp3) is 1.00. The molecule has 3 nitrogen and oxygen atoms in total. The molecule has 0 aromatic rings. The van der Waals surface area contributed by atoms with Gasteiger partial charge in [0, 0.05) is 12.3 Å². The van der Waals surface area contributed by atoms with Gasteiger partial charge in [-0.3, -0.25) is 10.6 Å². The van der Waals surface area contributed by atoms with Crippen LogP contribution < -0.4 is 10.6 Å². The van der Waals surface area contributed by atoms with Gasteiger partial charge in [0.25, 0.3) is 0 Å². The molecule has 0 unspecified atom stereocenters. The van der Waals surface area contributed by atoms with Crippen LogP contribution in [0.1, 0.15) is 12.8 Å². The zero-order chi connectivity index (χ0) is 9.52. The summed E-state index contributed by atoms with van der Waals surface area (Å²) in [5.41, 5.74) is 0.474. The molecule has 0 amide bonds. The van der Waals surface area contributed by atoms with Crippen LogP contribution in [0.25, 0.3) is 0 Å². The molecule has 15 heavy (non-hydrogen) atoms. The highest BCUT2D eigenvalue weighted by Crippen LogP contribution is 2.07. The first-order valence-electron chi connectivity index (χ1n) is 5.02. The zero-order valence-electron chi connectivity index (χ0n) is 9.49.